The minimum atomic E-state index is -2.99. The van der Waals surface area contributed by atoms with Gasteiger partial charge in [-0.05, 0) is 43.5 Å². The van der Waals surface area contributed by atoms with Crippen molar-refractivity contribution in [2.45, 2.75) is 43.4 Å². The number of nitrogens with one attached hydrogen (secondary N) is 1. The van der Waals surface area contributed by atoms with E-state index in [1.54, 1.807) is 14.2 Å². The highest BCUT2D eigenvalue weighted by Crippen LogP contribution is 2.28. The van der Waals surface area contributed by atoms with Crippen LogP contribution in [0.1, 0.15) is 31.2 Å². The molecule has 1 aromatic rings. The molecule has 1 N–H and O–H groups in total. The number of benzene rings is 1. The van der Waals surface area contributed by atoms with Crippen LogP contribution in [-0.4, -0.2) is 46.7 Å². The van der Waals surface area contributed by atoms with E-state index in [4.69, 9.17) is 9.47 Å². The van der Waals surface area contributed by atoms with E-state index in [9.17, 15) is 8.42 Å². The summed E-state index contributed by atoms with van der Waals surface area (Å²) in [6.45, 7) is 0.756. The zero-order valence-electron chi connectivity index (χ0n) is 14.2. The van der Waals surface area contributed by atoms with Crippen molar-refractivity contribution in [2.24, 2.45) is 0 Å². The Morgan fingerprint density at radius 1 is 1.13 bits per heavy atom. The topological polar surface area (TPSA) is 64.6 Å². The second kappa shape index (κ2) is 8.02. The van der Waals surface area contributed by atoms with Crippen molar-refractivity contribution in [1.82, 2.24) is 5.32 Å². The standard InChI is InChI=1S/C17H27NO4S/c1-21-15-9-8-13(12-16(15)22-2)10-11-18-14-6-4-5-7-17(14)23(3,19)20/h8-9,12,14,17-18H,4-7,10-11H2,1-3H3/t14-,17-/m1/s1. The van der Waals surface area contributed by atoms with Gasteiger partial charge in [-0.1, -0.05) is 18.9 Å². The van der Waals surface area contributed by atoms with E-state index >= 15 is 0 Å². The lowest BCUT2D eigenvalue weighted by molar-refractivity contribution is 0.354. The normalized spacial score (nSPS) is 21.9. The molecular formula is C17H27NO4S. The summed E-state index contributed by atoms with van der Waals surface area (Å²) in [6, 6.07) is 5.94. The van der Waals surface area contributed by atoms with E-state index in [1.807, 2.05) is 18.2 Å². The highest BCUT2D eigenvalue weighted by Gasteiger charge is 2.32. The largest absolute Gasteiger partial charge is 0.493 e. The van der Waals surface area contributed by atoms with Crippen molar-refractivity contribution in [1.29, 1.82) is 0 Å². The summed E-state index contributed by atoms with van der Waals surface area (Å²) in [5.74, 6) is 1.44. The average molecular weight is 341 g/mol. The first-order valence-corrected chi connectivity index (χ1v) is 10.0. The quantitative estimate of drug-likeness (QED) is 0.823. The predicted octanol–water partition coefficient (Wildman–Crippen LogP) is 2.19. The van der Waals surface area contributed by atoms with Crippen molar-refractivity contribution in [3.05, 3.63) is 23.8 Å². The zero-order chi connectivity index (χ0) is 16.9. The van der Waals surface area contributed by atoms with Gasteiger partial charge in [0.15, 0.2) is 21.3 Å². The molecular weight excluding hydrogens is 314 g/mol. The van der Waals surface area contributed by atoms with Crippen LogP contribution in [0.2, 0.25) is 0 Å². The molecule has 5 nitrogen and oxygen atoms in total. The second-order valence-corrected chi connectivity index (χ2v) is 8.42. The number of hydrogen-bond donors (Lipinski definition) is 1. The monoisotopic (exact) mass is 341 g/mol. The summed E-state index contributed by atoms with van der Waals surface area (Å²) in [4.78, 5) is 0. The molecule has 1 saturated carbocycles. The molecule has 130 valence electrons. The zero-order valence-corrected chi connectivity index (χ0v) is 15.0. The highest BCUT2D eigenvalue weighted by molar-refractivity contribution is 7.91. The van der Waals surface area contributed by atoms with Gasteiger partial charge >= 0.3 is 0 Å². The lowest BCUT2D eigenvalue weighted by Gasteiger charge is -2.31. The molecule has 0 heterocycles. The van der Waals surface area contributed by atoms with Crippen molar-refractivity contribution < 1.29 is 17.9 Å². The Morgan fingerprint density at radius 2 is 1.83 bits per heavy atom. The molecule has 0 radical (unpaired) electrons. The third-order valence-electron chi connectivity index (χ3n) is 4.52. The van der Waals surface area contributed by atoms with Gasteiger partial charge in [0, 0.05) is 12.3 Å². The maximum Gasteiger partial charge on any atom is 0.160 e. The fraction of sp³-hybridized carbons (Fsp3) is 0.647. The fourth-order valence-electron chi connectivity index (χ4n) is 3.28. The molecule has 0 unspecified atom stereocenters. The number of sulfone groups is 1. The van der Waals surface area contributed by atoms with Gasteiger partial charge in [0.1, 0.15) is 0 Å². The van der Waals surface area contributed by atoms with Crippen molar-refractivity contribution >= 4 is 9.84 Å². The Balaban J connectivity index is 1.93. The van der Waals surface area contributed by atoms with Crippen LogP contribution in [0.3, 0.4) is 0 Å². The van der Waals surface area contributed by atoms with Crippen LogP contribution in [-0.2, 0) is 16.3 Å². The van der Waals surface area contributed by atoms with E-state index in [1.165, 1.54) is 6.26 Å². The lowest BCUT2D eigenvalue weighted by atomic mass is 9.94. The summed E-state index contributed by atoms with van der Waals surface area (Å²) in [7, 11) is 0.253. The minimum Gasteiger partial charge on any atom is -0.493 e. The molecule has 1 fully saturated rings. The lowest BCUT2D eigenvalue weighted by Crippen LogP contribution is -2.46. The first-order chi connectivity index (χ1) is 11.0. The molecule has 1 aromatic carbocycles. The maximum atomic E-state index is 11.9. The number of methoxy groups -OCH3 is 2. The molecule has 0 aliphatic heterocycles. The molecule has 0 amide bonds. The molecule has 2 rings (SSSR count). The van der Waals surface area contributed by atoms with E-state index in [0.29, 0.717) is 5.75 Å². The molecule has 1 aliphatic rings. The third kappa shape index (κ3) is 4.85. The van der Waals surface area contributed by atoms with Crippen LogP contribution in [0, 0.1) is 0 Å². The van der Waals surface area contributed by atoms with Crippen LogP contribution in [0.4, 0.5) is 0 Å². The molecule has 0 saturated heterocycles. The average Bonchev–Trinajstić information content (AvgIpc) is 2.54. The number of ether oxygens (including phenoxy) is 2. The van der Waals surface area contributed by atoms with Crippen molar-refractivity contribution in [3.8, 4) is 11.5 Å². The fourth-order valence-corrected chi connectivity index (χ4v) is 4.70. The molecule has 0 spiro atoms. The SMILES string of the molecule is COc1ccc(CCN[C@@H]2CCCC[C@H]2S(C)(=O)=O)cc1OC. The van der Waals surface area contributed by atoms with E-state index in [0.717, 1.165) is 50.0 Å². The Labute approximate surface area is 139 Å². The summed E-state index contributed by atoms with van der Waals surface area (Å²) in [5.41, 5.74) is 1.14. The summed E-state index contributed by atoms with van der Waals surface area (Å²) in [5, 5.41) is 3.19. The van der Waals surface area contributed by atoms with Crippen molar-refractivity contribution in [3.63, 3.8) is 0 Å². The van der Waals surface area contributed by atoms with Gasteiger partial charge in [0.2, 0.25) is 0 Å². The van der Waals surface area contributed by atoms with E-state index in [2.05, 4.69) is 5.32 Å². The van der Waals surface area contributed by atoms with Crippen LogP contribution in [0.15, 0.2) is 18.2 Å². The first-order valence-electron chi connectivity index (χ1n) is 8.09. The Bertz CT molecular complexity index is 615. The maximum absolute atomic E-state index is 11.9. The van der Waals surface area contributed by atoms with E-state index < -0.39 is 9.84 Å². The molecule has 2 atom stereocenters. The van der Waals surface area contributed by atoms with Gasteiger partial charge in [-0.25, -0.2) is 8.42 Å². The van der Waals surface area contributed by atoms with Crippen LogP contribution in [0.5, 0.6) is 11.5 Å². The third-order valence-corrected chi connectivity index (χ3v) is 6.18. The predicted molar refractivity (Wildman–Crippen MR) is 92.1 cm³/mol. The first kappa shape index (κ1) is 18.1. The second-order valence-electron chi connectivity index (χ2n) is 6.15. The minimum absolute atomic E-state index is 0.0684. The van der Waals surface area contributed by atoms with Gasteiger partial charge in [-0.3, -0.25) is 0 Å². The molecule has 1 aliphatic carbocycles. The van der Waals surface area contributed by atoms with Crippen LogP contribution >= 0.6 is 0 Å². The Hall–Kier alpha value is -1.27. The highest BCUT2D eigenvalue weighted by atomic mass is 32.2. The summed E-state index contributed by atoms with van der Waals surface area (Å²) >= 11 is 0. The number of rotatable bonds is 7. The van der Waals surface area contributed by atoms with E-state index in [-0.39, 0.29) is 11.3 Å². The van der Waals surface area contributed by atoms with Crippen molar-refractivity contribution in [2.75, 3.05) is 27.0 Å². The Kier molecular flexibility index (Phi) is 6.30. The van der Waals surface area contributed by atoms with Gasteiger partial charge in [-0.15, -0.1) is 0 Å². The van der Waals surface area contributed by atoms with Crippen LogP contribution < -0.4 is 14.8 Å². The summed E-state index contributed by atoms with van der Waals surface area (Å²) < 4.78 is 34.4. The van der Waals surface area contributed by atoms with Gasteiger partial charge < -0.3 is 14.8 Å². The smallest absolute Gasteiger partial charge is 0.160 e. The molecule has 0 aromatic heterocycles. The van der Waals surface area contributed by atoms with Crippen LogP contribution in [0.25, 0.3) is 0 Å². The summed E-state index contributed by atoms with van der Waals surface area (Å²) in [6.07, 6.45) is 5.99. The molecule has 0 bridgehead atoms. The van der Waals surface area contributed by atoms with Gasteiger partial charge in [0.05, 0.1) is 19.5 Å². The molecule has 6 heteroatoms. The van der Waals surface area contributed by atoms with Gasteiger partial charge in [0.25, 0.3) is 0 Å². The molecule has 23 heavy (non-hydrogen) atoms. The van der Waals surface area contributed by atoms with Gasteiger partial charge in [-0.2, -0.15) is 0 Å². The Morgan fingerprint density at radius 3 is 2.48 bits per heavy atom. The number of hydrogen-bond acceptors (Lipinski definition) is 5.